The molecular weight excluding hydrogens is 482 g/mol. The average Bonchev–Trinajstić information content (AvgIpc) is 3.57. The maximum atomic E-state index is 14.1. The van der Waals surface area contributed by atoms with Gasteiger partial charge < -0.3 is 15.2 Å². The van der Waals surface area contributed by atoms with Crippen molar-refractivity contribution in [2.75, 3.05) is 4.90 Å². The van der Waals surface area contributed by atoms with Gasteiger partial charge in [-0.05, 0) is 41.8 Å². The first kappa shape index (κ1) is 23.9. The van der Waals surface area contributed by atoms with E-state index in [1.165, 1.54) is 6.07 Å². The van der Waals surface area contributed by atoms with E-state index in [-0.39, 0.29) is 12.2 Å². The molecule has 2 fully saturated rings. The lowest BCUT2D eigenvalue weighted by atomic mass is 9.76. The summed E-state index contributed by atoms with van der Waals surface area (Å²) in [7, 11) is 0. The number of benzene rings is 3. The Labute approximate surface area is 218 Å². The number of nitrogens with one attached hydrogen (secondary N) is 2. The molecule has 0 saturated carbocycles. The van der Waals surface area contributed by atoms with Crippen LogP contribution in [0.4, 0.5) is 5.69 Å². The van der Waals surface area contributed by atoms with E-state index in [2.05, 4.69) is 10.3 Å². The molecule has 1 aromatic heterocycles. The number of carbonyl (C=O) groups is 3. The van der Waals surface area contributed by atoms with Gasteiger partial charge in [-0.3, -0.25) is 19.7 Å². The van der Waals surface area contributed by atoms with Gasteiger partial charge in [0.15, 0.2) is 0 Å². The molecule has 0 spiro atoms. The van der Waals surface area contributed by atoms with Crippen molar-refractivity contribution >= 4 is 34.4 Å². The second-order valence-corrected chi connectivity index (χ2v) is 10.0. The SMILES string of the molecule is CCc1ccc(N2C(=O)[C@@H]3[C@H](c4ccccc4O)N[C@](Cc4c[nH]c5ccccc45)(C(=O)O)[C@H]3C2=O)cc1. The molecule has 38 heavy (non-hydrogen) atoms. The first-order valence-electron chi connectivity index (χ1n) is 12.7. The van der Waals surface area contributed by atoms with Gasteiger partial charge in [0.2, 0.25) is 11.8 Å². The van der Waals surface area contributed by atoms with Crippen LogP contribution >= 0.6 is 0 Å². The number of carboxylic acid groups (broad SMARTS) is 1. The average molecular weight is 510 g/mol. The Morgan fingerprint density at radius 3 is 2.39 bits per heavy atom. The van der Waals surface area contributed by atoms with Gasteiger partial charge in [-0.15, -0.1) is 0 Å². The molecule has 0 bridgehead atoms. The Kier molecular flexibility index (Phi) is 5.57. The molecule has 192 valence electrons. The fraction of sp³-hybridized carbons (Fsp3) is 0.233. The summed E-state index contributed by atoms with van der Waals surface area (Å²) in [6, 6.07) is 20.4. The number of nitrogens with zero attached hydrogens (tertiary/aromatic N) is 1. The van der Waals surface area contributed by atoms with Crippen LogP contribution in [0.25, 0.3) is 10.9 Å². The third kappa shape index (κ3) is 3.44. The van der Waals surface area contributed by atoms with Crippen molar-refractivity contribution < 1.29 is 24.6 Å². The zero-order chi connectivity index (χ0) is 26.6. The van der Waals surface area contributed by atoms with Crippen LogP contribution in [0, 0.1) is 11.8 Å². The second kappa shape index (κ2) is 8.85. The number of para-hydroxylation sites is 2. The van der Waals surface area contributed by atoms with E-state index >= 15 is 0 Å². The summed E-state index contributed by atoms with van der Waals surface area (Å²) in [5, 5.41) is 25.4. The molecule has 2 saturated heterocycles. The number of hydrogen-bond donors (Lipinski definition) is 4. The van der Waals surface area contributed by atoms with Crippen LogP contribution in [0.5, 0.6) is 5.75 Å². The van der Waals surface area contributed by atoms with Gasteiger partial charge in [-0.1, -0.05) is 55.5 Å². The van der Waals surface area contributed by atoms with Gasteiger partial charge in [0.05, 0.1) is 17.5 Å². The number of aromatic nitrogens is 1. The number of imide groups is 1. The number of aliphatic carboxylic acids is 1. The summed E-state index contributed by atoms with van der Waals surface area (Å²) in [5.74, 6) is -4.52. The van der Waals surface area contributed by atoms with E-state index in [1.54, 1.807) is 36.5 Å². The molecule has 0 radical (unpaired) electrons. The molecule has 3 aromatic carbocycles. The molecule has 4 atom stereocenters. The maximum absolute atomic E-state index is 14.1. The van der Waals surface area contributed by atoms with Crippen LogP contribution < -0.4 is 10.2 Å². The lowest BCUT2D eigenvalue weighted by Crippen LogP contribution is -2.57. The summed E-state index contributed by atoms with van der Waals surface area (Å²) < 4.78 is 0. The van der Waals surface area contributed by atoms with Gasteiger partial charge in [0.1, 0.15) is 11.3 Å². The number of aromatic amines is 1. The Balaban J connectivity index is 1.51. The summed E-state index contributed by atoms with van der Waals surface area (Å²) in [6.07, 6.45) is 2.53. The number of aromatic hydroxyl groups is 1. The lowest BCUT2D eigenvalue weighted by molar-refractivity contribution is -0.148. The van der Waals surface area contributed by atoms with Crippen LogP contribution in [-0.2, 0) is 27.2 Å². The molecule has 2 amide bonds. The summed E-state index contributed by atoms with van der Waals surface area (Å²) >= 11 is 0. The fourth-order valence-electron chi connectivity index (χ4n) is 6.17. The zero-order valence-electron chi connectivity index (χ0n) is 20.7. The number of phenolic OH excluding ortho intramolecular Hbond substituents is 1. The first-order valence-corrected chi connectivity index (χ1v) is 12.7. The highest BCUT2D eigenvalue weighted by Crippen LogP contribution is 2.52. The van der Waals surface area contributed by atoms with Crippen LogP contribution in [-0.4, -0.2) is 38.5 Å². The van der Waals surface area contributed by atoms with Crippen molar-refractivity contribution in [1.82, 2.24) is 10.3 Å². The minimum absolute atomic E-state index is 0.0285. The van der Waals surface area contributed by atoms with Crippen molar-refractivity contribution in [3.63, 3.8) is 0 Å². The van der Waals surface area contributed by atoms with Gasteiger partial charge in [-0.25, -0.2) is 4.90 Å². The van der Waals surface area contributed by atoms with Crippen molar-refractivity contribution in [3.05, 3.63) is 95.7 Å². The van der Waals surface area contributed by atoms with Gasteiger partial charge in [0.25, 0.3) is 0 Å². The van der Waals surface area contributed by atoms with Crippen molar-refractivity contribution in [1.29, 1.82) is 0 Å². The van der Waals surface area contributed by atoms with E-state index in [1.807, 2.05) is 43.3 Å². The van der Waals surface area contributed by atoms with Gasteiger partial charge in [-0.2, -0.15) is 0 Å². The number of carboxylic acids is 1. The standard InChI is InChI=1S/C30H27N3O5/c1-2-17-11-13-19(14-12-17)33-27(35)24-25(28(33)36)30(29(37)38,32-26(24)21-8-4-6-10-23(21)34)15-18-16-31-22-9-5-3-7-20(18)22/h3-14,16,24-26,31-32,34H,2,15H2,1H3,(H,37,38)/t24-,25+,26-,30-/m0/s1. The van der Waals surface area contributed by atoms with Crippen LogP contribution in [0.15, 0.2) is 79.0 Å². The predicted molar refractivity (Wildman–Crippen MR) is 142 cm³/mol. The zero-order valence-corrected chi connectivity index (χ0v) is 20.7. The van der Waals surface area contributed by atoms with E-state index in [4.69, 9.17) is 0 Å². The number of phenols is 1. The summed E-state index contributed by atoms with van der Waals surface area (Å²) in [4.78, 5) is 45.5. The number of H-pyrrole nitrogens is 1. The van der Waals surface area contributed by atoms with E-state index in [9.17, 15) is 24.6 Å². The van der Waals surface area contributed by atoms with Crippen molar-refractivity contribution in [2.45, 2.75) is 31.3 Å². The predicted octanol–water partition coefficient (Wildman–Crippen LogP) is 3.95. The van der Waals surface area contributed by atoms with Crippen molar-refractivity contribution in [2.24, 2.45) is 11.8 Å². The first-order chi connectivity index (χ1) is 18.4. The molecule has 3 heterocycles. The highest BCUT2D eigenvalue weighted by molar-refractivity contribution is 6.24. The lowest BCUT2D eigenvalue weighted by Gasteiger charge is -2.31. The molecule has 4 aromatic rings. The van der Waals surface area contributed by atoms with Gasteiger partial charge in [0, 0.05) is 35.1 Å². The summed E-state index contributed by atoms with van der Waals surface area (Å²) in [6.45, 7) is 2.01. The van der Waals surface area contributed by atoms with Crippen LogP contribution in [0.2, 0.25) is 0 Å². The number of anilines is 1. The Bertz CT molecular complexity index is 1580. The van der Waals surface area contributed by atoms with Crippen molar-refractivity contribution in [3.8, 4) is 5.75 Å². The fourth-order valence-corrected chi connectivity index (χ4v) is 6.17. The Morgan fingerprint density at radius 2 is 1.68 bits per heavy atom. The van der Waals surface area contributed by atoms with E-state index < -0.39 is 41.2 Å². The third-order valence-corrected chi connectivity index (χ3v) is 8.05. The molecule has 2 aliphatic heterocycles. The second-order valence-electron chi connectivity index (χ2n) is 10.0. The van der Waals surface area contributed by atoms with E-state index in [0.29, 0.717) is 11.3 Å². The highest BCUT2D eigenvalue weighted by atomic mass is 16.4. The monoisotopic (exact) mass is 509 g/mol. The number of carbonyl (C=O) groups excluding carboxylic acids is 2. The Morgan fingerprint density at radius 1 is 0.974 bits per heavy atom. The number of amides is 2. The van der Waals surface area contributed by atoms with Crippen LogP contribution in [0.3, 0.4) is 0 Å². The number of aryl methyl sites for hydroxylation is 1. The minimum atomic E-state index is -1.78. The quantitative estimate of drug-likeness (QED) is 0.292. The number of rotatable bonds is 6. The largest absolute Gasteiger partial charge is 0.508 e. The molecule has 6 rings (SSSR count). The molecule has 0 unspecified atom stereocenters. The molecular formula is C30H27N3O5. The normalized spacial score (nSPS) is 24.8. The highest BCUT2D eigenvalue weighted by Gasteiger charge is 2.69. The number of fused-ring (bicyclic) bond motifs is 2. The topological polar surface area (TPSA) is 123 Å². The number of hydrogen-bond acceptors (Lipinski definition) is 5. The molecule has 8 heteroatoms. The van der Waals surface area contributed by atoms with Gasteiger partial charge >= 0.3 is 5.97 Å². The van der Waals surface area contributed by atoms with E-state index in [0.717, 1.165) is 33.4 Å². The Hall–Kier alpha value is -4.43. The molecule has 0 aliphatic carbocycles. The smallest absolute Gasteiger partial charge is 0.325 e. The minimum Gasteiger partial charge on any atom is -0.508 e. The molecule has 2 aliphatic rings. The third-order valence-electron chi connectivity index (χ3n) is 8.05. The molecule has 8 nitrogen and oxygen atoms in total. The molecule has 4 N–H and O–H groups in total. The van der Waals surface area contributed by atoms with Crippen LogP contribution in [0.1, 0.15) is 29.7 Å². The summed E-state index contributed by atoms with van der Waals surface area (Å²) in [5.41, 5.74) is 1.64. The maximum Gasteiger partial charge on any atom is 0.325 e.